The number of rotatable bonds is 2. The third-order valence-corrected chi connectivity index (χ3v) is 3.49. The summed E-state index contributed by atoms with van der Waals surface area (Å²) < 4.78 is 0. The van der Waals surface area contributed by atoms with E-state index in [1.807, 2.05) is 18.2 Å². The summed E-state index contributed by atoms with van der Waals surface area (Å²) in [5, 5.41) is 0.774. The van der Waals surface area contributed by atoms with Gasteiger partial charge in [0.1, 0.15) is 0 Å². The van der Waals surface area contributed by atoms with E-state index in [4.69, 9.17) is 17.3 Å². The van der Waals surface area contributed by atoms with Crippen molar-refractivity contribution in [3.8, 4) is 0 Å². The molecule has 0 heterocycles. The molecule has 1 aromatic carbocycles. The second kappa shape index (κ2) is 3.25. The van der Waals surface area contributed by atoms with Gasteiger partial charge in [0.25, 0.3) is 0 Å². The molecule has 0 aromatic heterocycles. The van der Waals surface area contributed by atoms with Crippen LogP contribution in [0.25, 0.3) is 0 Å². The van der Waals surface area contributed by atoms with Crippen molar-refractivity contribution in [3.63, 3.8) is 0 Å². The second-order valence-corrected chi connectivity index (χ2v) is 5.32. The molecule has 0 radical (unpaired) electrons. The fourth-order valence-corrected chi connectivity index (χ4v) is 2.27. The fourth-order valence-electron chi connectivity index (χ4n) is 2.07. The molecule has 1 fully saturated rings. The number of benzene rings is 1. The average Bonchev–Trinajstić information content (AvgIpc) is 2.74. The largest absolute Gasteiger partial charge is 0.324 e. The van der Waals surface area contributed by atoms with Crippen LogP contribution in [0.2, 0.25) is 5.02 Å². The molecule has 2 rings (SSSR count). The van der Waals surface area contributed by atoms with Crippen LogP contribution in [0.5, 0.6) is 0 Å². The number of hydrogen-bond donors (Lipinski definition) is 1. The van der Waals surface area contributed by atoms with Crippen molar-refractivity contribution < 1.29 is 0 Å². The molecular weight excluding hydrogens is 194 g/mol. The highest BCUT2D eigenvalue weighted by atomic mass is 35.5. The molecule has 1 nitrogen and oxygen atoms in total. The zero-order chi connectivity index (χ0) is 10.3. The number of hydrogen-bond acceptors (Lipinski definition) is 1. The van der Waals surface area contributed by atoms with Crippen LogP contribution in [0.4, 0.5) is 0 Å². The summed E-state index contributed by atoms with van der Waals surface area (Å²) in [5.41, 5.74) is 7.76. The molecule has 2 atom stereocenters. The maximum absolute atomic E-state index is 6.19. The third kappa shape index (κ3) is 1.79. The first-order valence-electron chi connectivity index (χ1n) is 5.02. The molecular formula is C12H16ClN. The van der Waals surface area contributed by atoms with E-state index in [0.29, 0.717) is 11.3 Å². The molecule has 2 unspecified atom stereocenters. The Bertz CT molecular complexity index is 346. The van der Waals surface area contributed by atoms with E-state index < -0.39 is 0 Å². The Morgan fingerprint density at radius 1 is 1.50 bits per heavy atom. The lowest BCUT2D eigenvalue weighted by molar-refractivity contribution is 0.491. The van der Waals surface area contributed by atoms with Crippen molar-refractivity contribution in [2.45, 2.75) is 26.3 Å². The van der Waals surface area contributed by atoms with Crippen molar-refractivity contribution in [2.24, 2.45) is 17.1 Å². The molecule has 2 N–H and O–H groups in total. The lowest BCUT2D eigenvalue weighted by atomic mass is 9.98. The molecule has 14 heavy (non-hydrogen) atoms. The minimum absolute atomic E-state index is 0.142. The molecule has 1 saturated carbocycles. The van der Waals surface area contributed by atoms with Gasteiger partial charge in [-0.1, -0.05) is 37.6 Å². The minimum Gasteiger partial charge on any atom is -0.324 e. The molecule has 1 aromatic rings. The van der Waals surface area contributed by atoms with Crippen molar-refractivity contribution >= 4 is 11.6 Å². The van der Waals surface area contributed by atoms with Crippen molar-refractivity contribution in [1.29, 1.82) is 0 Å². The zero-order valence-corrected chi connectivity index (χ0v) is 9.38. The van der Waals surface area contributed by atoms with Gasteiger partial charge in [0.2, 0.25) is 0 Å². The highest BCUT2D eigenvalue weighted by molar-refractivity contribution is 6.30. The molecule has 0 aliphatic heterocycles. The van der Waals surface area contributed by atoms with Gasteiger partial charge in [0, 0.05) is 11.1 Å². The van der Waals surface area contributed by atoms with E-state index in [2.05, 4.69) is 19.9 Å². The molecule has 0 bridgehead atoms. The van der Waals surface area contributed by atoms with Gasteiger partial charge < -0.3 is 5.73 Å². The van der Waals surface area contributed by atoms with E-state index in [1.165, 1.54) is 6.42 Å². The van der Waals surface area contributed by atoms with E-state index >= 15 is 0 Å². The second-order valence-electron chi connectivity index (χ2n) is 4.88. The summed E-state index contributed by atoms with van der Waals surface area (Å²) in [7, 11) is 0. The van der Waals surface area contributed by atoms with Crippen LogP contribution in [-0.4, -0.2) is 0 Å². The van der Waals surface area contributed by atoms with Gasteiger partial charge in [-0.3, -0.25) is 0 Å². The Balaban J connectivity index is 2.16. The topological polar surface area (TPSA) is 26.0 Å². The summed E-state index contributed by atoms with van der Waals surface area (Å²) in [5.74, 6) is 0.612. The van der Waals surface area contributed by atoms with Gasteiger partial charge in [0.15, 0.2) is 0 Å². The summed E-state index contributed by atoms with van der Waals surface area (Å²) >= 11 is 5.93. The van der Waals surface area contributed by atoms with Crippen LogP contribution >= 0.6 is 11.6 Å². The first-order valence-corrected chi connectivity index (χ1v) is 5.39. The van der Waals surface area contributed by atoms with E-state index in [1.54, 1.807) is 0 Å². The Morgan fingerprint density at radius 3 is 2.64 bits per heavy atom. The highest BCUT2D eigenvalue weighted by Gasteiger charge is 2.49. The Hall–Kier alpha value is -0.530. The van der Waals surface area contributed by atoms with Crippen molar-refractivity contribution in [2.75, 3.05) is 0 Å². The highest BCUT2D eigenvalue weighted by Crippen LogP contribution is 2.56. The Morgan fingerprint density at radius 2 is 2.14 bits per heavy atom. The van der Waals surface area contributed by atoms with Gasteiger partial charge in [-0.2, -0.15) is 0 Å². The monoisotopic (exact) mass is 209 g/mol. The fraction of sp³-hybridized carbons (Fsp3) is 0.500. The standard InChI is InChI=1S/C12H16ClN/c1-12(2)7-10(12)11(14)8-4-3-5-9(13)6-8/h3-6,10-11H,7,14H2,1-2H3. The molecule has 2 heteroatoms. The predicted molar refractivity (Wildman–Crippen MR) is 60.3 cm³/mol. The van der Waals surface area contributed by atoms with Crippen LogP contribution in [0.3, 0.4) is 0 Å². The van der Waals surface area contributed by atoms with Gasteiger partial charge >= 0.3 is 0 Å². The van der Waals surface area contributed by atoms with E-state index in [-0.39, 0.29) is 6.04 Å². The lowest BCUT2D eigenvalue weighted by Gasteiger charge is -2.13. The van der Waals surface area contributed by atoms with Gasteiger partial charge in [-0.15, -0.1) is 0 Å². The van der Waals surface area contributed by atoms with Crippen LogP contribution in [0, 0.1) is 11.3 Å². The maximum atomic E-state index is 6.19. The Labute approximate surface area is 90.3 Å². The summed E-state index contributed by atoms with van der Waals surface area (Å²) in [6.45, 7) is 4.53. The predicted octanol–water partition coefficient (Wildman–Crippen LogP) is 3.39. The lowest BCUT2D eigenvalue weighted by Crippen LogP contribution is -2.15. The normalized spacial score (nSPS) is 25.9. The molecule has 1 aliphatic carbocycles. The maximum Gasteiger partial charge on any atom is 0.0409 e. The van der Waals surface area contributed by atoms with Crippen LogP contribution in [0.15, 0.2) is 24.3 Å². The molecule has 0 saturated heterocycles. The van der Waals surface area contributed by atoms with Gasteiger partial charge in [0.05, 0.1) is 0 Å². The molecule has 76 valence electrons. The van der Waals surface area contributed by atoms with Crippen molar-refractivity contribution in [3.05, 3.63) is 34.9 Å². The number of halogens is 1. The summed E-state index contributed by atoms with van der Waals surface area (Å²) in [4.78, 5) is 0. The van der Waals surface area contributed by atoms with E-state index in [9.17, 15) is 0 Å². The number of nitrogens with two attached hydrogens (primary N) is 1. The van der Waals surface area contributed by atoms with E-state index in [0.717, 1.165) is 10.6 Å². The van der Waals surface area contributed by atoms with Gasteiger partial charge in [-0.25, -0.2) is 0 Å². The molecule has 1 aliphatic rings. The minimum atomic E-state index is 0.142. The van der Waals surface area contributed by atoms with Gasteiger partial charge in [-0.05, 0) is 35.4 Å². The SMILES string of the molecule is CC1(C)CC1C(N)c1cccc(Cl)c1. The van der Waals surface area contributed by atoms with Crippen molar-refractivity contribution in [1.82, 2.24) is 0 Å². The molecule has 0 amide bonds. The van der Waals surface area contributed by atoms with Crippen LogP contribution < -0.4 is 5.73 Å². The Kier molecular flexibility index (Phi) is 2.32. The zero-order valence-electron chi connectivity index (χ0n) is 8.63. The first kappa shape index (κ1) is 10.0. The van der Waals surface area contributed by atoms with Crippen LogP contribution in [-0.2, 0) is 0 Å². The van der Waals surface area contributed by atoms with Crippen LogP contribution in [0.1, 0.15) is 31.9 Å². The first-order chi connectivity index (χ1) is 6.50. The molecule has 0 spiro atoms. The average molecular weight is 210 g/mol. The third-order valence-electron chi connectivity index (χ3n) is 3.26. The smallest absolute Gasteiger partial charge is 0.0409 e. The summed E-state index contributed by atoms with van der Waals surface area (Å²) in [6.07, 6.45) is 1.22. The quantitative estimate of drug-likeness (QED) is 0.794. The summed E-state index contributed by atoms with van der Waals surface area (Å²) in [6, 6.07) is 8.03.